The van der Waals surface area contributed by atoms with Crippen LogP contribution in [0.4, 0.5) is 0 Å². The van der Waals surface area contributed by atoms with Crippen molar-refractivity contribution in [2.75, 3.05) is 0 Å². The molecule has 1 atom stereocenters. The summed E-state index contributed by atoms with van der Waals surface area (Å²) in [5.74, 6) is 0.413. The van der Waals surface area contributed by atoms with Gasteiger partial charge in [0.2, 0.25) is 0 Å². The number of aliphatic imine (C=N–C) groups is 1. The molecule has 1 heterocycles. The Morgan fingerprint density at radius 2 is 1.85 bits per heavy atom. The molecular weight excluding hydrogens is 254 g/mol. The lowest BCUT2D eigenvalue weighted by molar-refractivity contribution is -0.122. The first-order chi connectivity index (χ1) is 9.83. The molecule has 1 aliphatic rings. The van der Waals surface area contributed by atoms with Crippen molar-refractivity contribution in [1.82, 2.24) is 0 Å². The number of hydrogen-bond donors (Lipinski definition) is 0. The van der Waals surface area contributed by atoms with Crippen LogP contribution >= 0.6 is 0 Å². The molecule has 1 unspecified atom stereocenters. The Bertz CT molecular complexity index is 620. The van der Waals surface area contributed by atoms with Crippen LogP contribution in [0.5, 0.6) is 5.75 Å². The normalized spacial score (nSPS) is 17.0. The Kier molecular flexibility index (Phi) is 3.46. The Balaban J connectivity index is 1.63. The second kappa shape index (κ2) is 5.57. The Morgan fingerprint density at radius 1 is 1.10 bits per heavy atom. The SMILES string of the molecule is O=C1N=[C-]OC1c1ccc(OCc2ccccc2)cc1. The van der Waals surface area contributed by atoms with Gasteiger partial charge >= 0.3 is 0 Å². The van der Waals surface area contributed by atoms with E-state index in [-0.39, 0.29) is 5.91 Å². The van der Waals surface area contributed by atoms with Crippen LogP contribution in [0.1, 0.15) is 17.2 Å². The van der Waals surface area contributed by atoms with Gasteiger partial charge in [0.05, 0.1) is 0 Å². The first kappa shape index (κ1) is 12.4. The monoisotopic (exact) mass is 266 g/mol. The highest BCUT2D eigenvalue weighted by atomic mass is 16.5. The van der Waals surface area contributed by atoms with Crippen LogP contribution in [0.2, 0.25) is 0 Å². The minimum atomic E-state index is -0.668. The molecule has 100 valence electrons. The van der Waals surface area contributed by atoms with Crippen molar-refractivity contribution >= 4 is 12.3 Å². The molecule has 4 heteroatoms. The minimum absolute atomic E-state index is 0.331. The van der Waals surface area contributed by atoms with E-state index in [1.54, 1.807) is 12.1 Å². The average molecular weight is 266 g/mol. The quantitative estimate of drug-likeness (QED) is 0.799. The van der Waals surface area contributed by atoms with E-state index in [9.17, 15) is 4.79 Å². The molecule has 1 aliphatic heterocycles. The average Bonchev–Trinajstić information content (AvgIpc) is 2.93. The standard InChI is InChI=1S/C16H12NO3/c18-16-15(20-11-17-16)13-6-8-14(9-7-13)19-10-12-4-2-1-3-5-12/h1-9,15H,10H2/q-1. The number of carbonyl (C=O) groups is 1. The molecule has 0 N–H and O–H groups in total. The highest BCUT2D eigenvalue weighted by Gasteiger charge is 2.15. The smallest absolute Gasteiger partial charge is 0.132 e. The maximum absolute atomic E-state index is 11.4. The lowest BCUT2D eigenvalue weighted by Gasteiger charge is -2.15. The molecule has 4 nitrogen and oxygen atoms in total. The third-order valence-corrected chi connectivity index (χ3v) is 2.98. The van der Waals surface area contributed by atoms with Crippen molar-refractivity contribution < 1.29 is 14.3 Å². The maximum atomic E-state index is 11.4. The first-order valence-electron chi connectivity index (χ1n) is 6.25. The number of amides is 1. The Morgan fingerprint density at radius 3 is 2.50 bits per heavy atom. The van der Waals surface area contributed by atoms with Gasteiger partial charge in [-0.15, -0.1) is 0 Å². The van der Waals surface area contributed by atoms with Gasteiger partial charge in [0.25, 0.3) is 0 Å². The molecule has 20 heavy (non-hydrogen) atoms. The zero-order chi connectivity index (χ0) is 13.8. The van der Waals surface area contributed by atoms with Crippen LogP contribution in [0.25, 0.3) is 0 Å². The number of carbonyl (C=O) groups excluding carboxylic acids is 1. The molecule has 2 aromatic rings. The van der Waals surface area contributed by atoms with Gasteiger partial charge in [-0.05, 0) is 23.3 Å². The minimum Gasteiger partial charge on any atom is -0.573 e. The molecule has 0 aromatic heterocycles. The van der Waals surface area contributed by atoms with E-state index < -0.39 is 6.10 Å². The van der Waals surface area contributed by atoms with Crippen molar-refractivity contribution in [2.45, 2.75) is 12.7 Å². The first-order valence-corrected chi connectivity index (χ1v) is 6.25. The molecule has 1 amide bonds. The van der Waals surface area contributed by atoms with Gasteiger partial charge < -0.3 is 19.3 Å². The van der Waals surface area contributed by atoms with Crippen LogP contribution in [-0.2, 0) is 16.1 Å². The lowest BCUT2D eigenvalue weighted by atomic mass is 10.1. The lowest BCUT2D eigenvalue weighted by Crippen LogP contribution is -2.06. The molecular formula is C16H12NO3-. The highest BCUT2D eigenvalue weighted by Crippen LogP contribution is 2.24. The van der Waals surface area contributed by atoms with Gasteiger partial charge in [-0.2, -0.15) is 0 Å². The third-order valence-electron chi connectivity index (χ3n) is 2.98. The third kappa shape index (κ3) is 2.69. The number of hydrogen-bond acceptors (Lipinski definition) is 3. The van der Waals surface area contributed by atoms with Crippen LogP contribution in [0.3, 0.4) is 0 Å². The molecule has 0 radical (unpaired) electrons. The van der Waals surface area contributed by atoms with E-state index in [0.717, 1.165) is 16.9 Å². The summed E-state index contributed by atoms with van der Waals surface area (Å²) < 4.78 is 10.7. The largest absolute Gasteiger partial charge is 0.573 e. The van der Waals surface area contributed by atoms with E-state index in [1.165, 1.54) is 0 Å². The molecule has 0 saturated heterocycles. The number of rotatable bonds is 4. The van der Waals surface area contributed by atoms with E-state index in [4.69, 9.17) is 9.47 Å². The maximum Gasteiger partial charge on any atom is 0.132 e. The predicted molar refractivity (Wildman–Crippen MR) is 73.5 cm³/mol. The number of benzene rings is 2. The Labute approximate surface area is 116 Å². The fraction of sp³-hybridized carbons (Fsp3) is 0.125. The molecule has 3 rings (SSSR count). The van der Waals surface area contributed by atoms with Crippen molar-refractivity contribution in [3.05, 3.63) is 65.7 Å². The summed E-state index contributed by atoms with van der Waals surface area (Å²) in [5, 5.41) is 0. The van der Waals surface area contributed by atoms with Gasteiger partial charge in [0.15, 0.2) is 0 Å². The van der Waals surface area contributed by atoms with Crippen molar-refractivity contribution in [1.29, 1.82) is 0 Å². The predicted octanol–water partition coefficient (Wildman–Crippen LogP) is 2.77. The summed E-state index contributed by atoms with van der Waals surface area (Å²) in [5.41, 5.74) is 1.85. The fourth-order valence-electron chi connectivity index (χ4n) is 1.92. The van der Waals surface area contributed by atoms with Gasteiger partial charge in [0, 0.05) is 6.40 Å². The molecule has 0 saturated carbocycles. The van der Waals surface area contributed by atoms with Crippen molar-refractivity contribution in [3.63, 3.8) is 0 Å². The summed E-state index contributed by atoms with van der Waals surface area (Å²) in [6.07, 6.45) is 1.56. The summed E-state index contributed by atoms with van der Waals surface area (Å²) in [6.45, 7) is 0.510. The summed E-state index contributed by atoms with van der Waals surface area (Å²) in [7, 11) is 0. The van der Waals surface area contributed by atoms with E-state index >= 15 is 0 Å². The fourth-order valence-corrected chi connectivity index (χ4v) is 1.92. The van der Waals surface area contributed by atoms with E-state index in [0.29, 0.717) is 6.61 Å². The zero-order valence-corrected chi connectivity index (χ0v) is 10.7. The van der Waals surface area contributed by atoms with Crippen molar-refractivity contribution in [3.8, 4) is 5.75 Å². The van der Waals surface area contributed by atoms with E-state index in [1.807, 2.05) is 42.5 Å². The summed E-state index contributed by atoms with van der Waals surface area (Å²) >= 11 is 0. The van der Waals surface area contributed by atoms with Crippen LogP contribution in [-0.4, -0.2) is 12.3 Å². The van der Waals surface area contributed by atoms with Crippen LogP contribution < -0.4 is 4.74 Å². The van der Waals surface area contributed by atoms with Gasteiger partial charge in [-0.1, -0.05) is 42.5 Å². The van der Waals surface area contributed by atoms with Gasteiger partial charge in [0.1, 0.15) is 24.4 Å². The summed E-state index contributed by atoms with van der Waals surface area (Å²) in [6, 6.07) is 17.1. The number of ether oxygens (including phenoxy) is 2. The summed E-state index contributed by atoms with van der Waals surface area (Å²) in [4.78, 5) is 14.8. The zero-order valence-electron chi connectivity index (χ0n) is 10.7. The van der Waals surface area contributed by atoms with E-state index in [2.05, 4.69) is 11.4 Å². The van der Waals surface area contributed by atoms with Gasteiger partial charge in [-0.25, -0.2) is 0 Å². The van der Waals surface area contributed by atoms with Gasteiger partial charge in [-0.3, -0.25) is 0 Å². The van der Waals surface area contributed by atoms with Crippen LogP contribution in [0, 0.1) is 0 Å². The highest BCUT2D eigenvalue weighted by molar-refractivity contribution is 5.92. The van der Waals surface area contributed by atoms with Crippen molar-refractivity contribution in [2.24, 2.45) is 4.99 Å². The molecule has 2 aromatic carbocycles. The van der Waals surface area contributed by atoms with Crippen LogP contribution in [0.15, 0.2) is 59.6 Å². The Hall–Kier alpha value is -2.62. The topological polar surface area (TPSA) is 47.9 Å². The molecule has 0 fully saturated rings. The molecule has 0 bridgehead atoms. The number of nitrogens with zero attached hydrogens (tertiary/aromatic N) is 1. The molecule has 0 aliphatic carbocycles. The second-order valence-electron chi connectivity index (χ2n) is 4.38. The molecule has 0 spiro atoms. The second-order valence-corrected chi connectivity index (χ2v) is 4.38.